The highest BCUT2D eigenvalue weighted by Gasteiger charge is 2.36. The number of nitrogens with zero attached hydrogens (tertiary/aromatic N) is 2. The summed E-state index contributed by atoms with van der Waals surface area (Å²) in [7, 11) is -2.98. The fourth-order valence-corrected chi connectivity index (χ4v) is 7.43. The number of benzene rings is 4. The zero-order valence-corrected chi connectivity index (χ0v) is 27.6. The molecule has 1 saturated carbocycles. The van der Waals surface area contributed by atoms with Crippen molar-refractivity contribution in [3.63, 3.8) is 0 Å². The van der Waals surface area contributed by atoms with Crippen molar-refractivity contribution in [3.05, 3.63) is 125 Å². The van der Waals surface area contributed by atoms with E-state index in [-0.39, 0.29) is 51.8 Å². The maximum absolute atomic E-state index is 15.1. The van der Waals surface area contributed by atoms with E-state index in [1.54, 1.807) is 42.5 Å². The van der Waals surface area contributed by atoms with E-state index in [0.717, 1.165) is 35.6 Å². The van der Waals surface area contributed by atoms with E-state index >= 15 is 4.39 Å². The lowest BCUT2D eigenvalue weighted by molar-refractivity contribution is -0.140. The Morgan fingerprint density at radius 1 is 0.936 bits per heavy atom. The Morgan fingerprint density at radius 3 is 2.23 bits per heavy atom. The number of ether oxygens (including phenoxy) is 1. The standard InChI is InChI=1S/C36H37ClFN3O5S/c1-46-34-21-20-28(37)23-32(34)41(47(44,45)30-17-6-3-7-18-30)25-35(42)40(24-27-14-8-11-19-31(27)38)33(22-26-12-4-2-5-13-26)36(43)39-29-15-9-10-16-29/h2-8,11-14,17-21,23,29,33H,9-10,15-16,22,24-25H2,1H3,(H,39,43). The van der Waals surface area contributed by atoms with E-state index < -0.39 is 34.3 Å². The summed E-state index contributed by atoms with van der Waals surface area (Å²) in [6.07, 6.45) is 3.75. The maximum atomic E-state index is 15.1. The SMILES string of the molecule is COc1ccc(Cl)cc1N(CC(=O)N(Cc1ccccc1F)C(Cc1ccccc1)C(=O)NC1CCCC1)S(=O)(=O)c1ccccc1. The highest BCUT2D eigenvalue weighted by Crippen LogP contribution is 2.35. The molecular formula is C36H37ClFN3O5S. The molecule has 2 amide bonds. The molecule has 0 heterocycles. The first kappa shape index (κ1) is 33.9. The molecule has 1 aliphatic carbocycles. The molecule has 47 heavy (non-hydrogen) atoms. The van der Waals surface area contributed by atoms with Gasteiger partial charge in [0.25, 0.3) is 10.0 Å². The van der Waals surface area contributed by atoms with Crippen molar-refractivity contribution in [2.45, 2.75) is 55.6 Å². The summed E-state index contributed by atoms with van der Waals surface area (Å²) in [4.78, 5) is 29.9. The number of hydrogen-bond donors (Lipinski definition) is 1. The van der Waals surface area contributed by atoms with E-state index in [9.17, 15) is 18.0 Å². The molecular weight excluding hydrogens is 641 g/mol. The van der Waals surface area contributed by atoms with Gasteiger partial charge in [0.05, 0.1) is 17.7 Å². The van der Waals surface area contributed by atoms with Crippen LogP contribution in [0.3, 0.4) is 0 Å². The van der Waals surface area contributed by atoms with Crippen LogP contribution in [0.15, 0.2) is 108 Å². The lowest BCUT2D eigenvalue weighted by atomic mass is 10.0. The normalized spacial score (nSPS) is 13.9. The molecule has 8 nitrogen and oxygen atoms in total. The monoisotopic (exact) mass is 677 g/mol. The topological polar surface area (TPSA) is 96.0 Å². The van der Waals surface area contributed by atoms with Crippen molar-refractivity contribution in [2.75, 3.05) is 18.0 Å². The summed E-state index contributed by atoms with van der Waals surface area (Å²) >= 11 is 6.33. The van der Waals surface area contributed by atoms with Crippen LogP contribution in [0, 0.1) is 5.82 Å². The molecule has 0 saturated heterocycles. The number of halogens is 2. The third kappa shape index (κ3) is 8.31. The van der Waals surface area contributed by atoms with Gasteiger partial charge in [-0.3, -0.25) is 13.9 Å². The minimum atomic E-state index is -4.36. The molecule has 11 heteroatoms. The smallest absolute Gasteiger partial charge is 0.264 e. The van der Waals surface area contributed by atoms with Crippen LogP contribution < -0.4 is 14.4 Å². The van der Waals surface area contributed by atoms with E-state index in [0.29, 0.717) is 0 Å². The quantitative estimate of drug-likeness (QED) is 0.177. The second-order valence-electron chi connectivity index (χ2n) is 11.4. The van der Waals surface area contributed by atoms with Crippen molar-refractivity contribution in [1.82, 2.24) is 10.2 Å². The van der Waals surface area contributed by atoms with Crippen molar-refractivity contribution in [1.29, 1.82) is 0 Å². The second-order valence-corrected chi connectivity index (χ2v) is 13.7. The summed E-state index contributed by atoms with van der Waals surface area (Å²) in [5.41, 5.74) is 1.01. The van der Waals surface area contributed by atoms with E-state index in [2.05, 4.69) is 5.32 Å². The highest BCUT2D eigenvalue weighted by atomic mass is 35.5. The fraction of sp³-hybridized carbons (Fsp3) is 0.278. The number of amides is 2. The molecule has 0 aliphatic heterocycles. The molecule has 0 radical (unpaired) electrons. The van der Waals surface area contributed by atoms with Gasteiger partial charge in [0.15, 0.2) is 0 Å². The Hall–Kier alpha value is -4.41. The van der Waals surface area contributed by atoms with Gasteiger partial charge in [-0.05, 0) is 54.8 Å². The van der Waals surface area contributed by atoms with Crippen LogP contribution in [0.4, 0.5) is 10.1 Å². The third-order valence-electron chi connectivity index (χ3n) is 8.29. The summed E-state index contributed by atoms with van der Waals surface area (Å²) < 4.78 is 50.0. The maximum Gasteiger partial charge on any atom is 0.264 e. The van der Waals surface area contributed by atoms with E-state index in [1.165, 1.54) is 42.3 Å². The summed E-state index contributed by atoms with van der Waals surface area (Å²) in [5, 5.41) is 3.33. The molecule has 1 N–H and O–H groups in total. The van der Waals surface area contributed by atoms with E-state index in [1.807, 2.05) is 30.3 Å². The van der Waals surface area contributed by atoms with Gasteiger partial charge in [-0.2, -0.15) is 0 Å². The first-order valence-electron chi connectivity index (χ1n) is 15.5. The first-order valence-corrected chi connectivity index (χ1v) is 17.3. The fourth-order valence-electron chi connectivity index (χ4n) is 5.82. The molecule has 5 rings (SSSR count). The molecule has 1 unspecified atom stereocenters. The molecule has 0 aromatic heterocycles. The number of sulfonamides is 1. The molecule has 0 bridgehead atoms. The molecule has 1 fully saturated rings. The van der Waals surface area contributed by atoms with Gasteiger partial charge in [-0.1, -0.05) is 91.2 Å². The van der Waals surface area contributed by atoms with Gasteiger partial charge in [-0.15, -0.1) is 0 Å². The number of rotatable bonds is 13. The Morgan fingerprint density at radius 2 is 1.57 bits per heavy atom. The van der Waals surface area contributed by atoms with Crippen LogP contribution in [0.2, 0.25) is 5.02 Å². The van der Waals surface area contributed by atoms with Crippen LogP contribution in [0.25, 0.3) is 0 Å². The highest BCUT2D eigenvalue weighted by molar-refractivity contribution is 7.92. The molecule has 246 valence electrons. The van der Waals surface area contributed by atoms with Crippen LogP contribution >= 0.6 is 11.6 Å². The number of nitrogens with one attached hydrogen (secondary N) is 1. The summed E-state index contributed by atoms with van der Waals surface area (Å²) in [6.45, 7) is -0.989. The van der Waals surface area contributed by atoms with Crippen LogP contribution in [-0.2, 0) is 32.6 Å². The largest absolute Gasteiger partial charge is 0.495 e. The minimum Gasteiger partial charge on any atom is -0.495 e. The number of methoxy groups -OCH3 is 1. The average Bonchev–Trinajstić information content (AvgIpc) is 3.59. The van der Waals surface area contributed by atoms with Gasteiger partial charge in [-0.25, -0.2) is 12.8 Å². The van der Waals surface area contributed by atoms with Gasteiger partial charge >= 0.3 is 0 Å². The number of anilines is 1. The lowest BCUT2D eigenvalue weighted by Crippen LogP contribution is -2.54. The third-order valence-corrected chi connectivity index (χ3v) is 10.3. The Balaban J connectivity index is 1.61. The zero-order valence-electron chi connectivity index (χ0n) is 26.0. The molecule has 1 aliphatic rings. The Bertz CT molecular complexity index is 1790. The van der Waals surface area contributed by atoms with Crippen molar-refractivity contribution in [2.24, 2.45) is 0 Å². The van der Waals surface area contributed by atoms with Gasteiger partial charge in [0.1, 0.15) is 24.2 Å². The predicted octanol–water partition coefficient (Wildman–Crippen LogP) is 6.38. The van der Waals surface area contributed by atoms with Crippen LogP contribution in [-0.4, -0.2) is 50.9 Å². The molecule has 4 aromatic carbocycles. The van der Waals surface area contributed by atoms with Crippen LogP contribution in [0.5, 0.6) is 5.75 Å². The van der Waals surface area contributed by atoms with Crippen molar-refractivity contribution in [3.8, 4) is 5.75 Å². The average molecular weight is 678 g/mol. The molecule has 4 aromatic rings. The number of carbonyl (C=O) groups excluding carboxylic acids is 2. The van der Waals surface area contributed by atoms with E-state index in [4.69, 9.17) is 16.3 Å². The van der Waals surface area contributed by atoms with Gasteiger partial charge < -0.3 is 15.0 Å². The number of carbonyl (C=O) groups is 2. The van der Waals surface area contributed by atoms with Gasteiger partial charge in [0, 0.05) is 29.6 Å². The first-order chi connectivity index (χ1) is 22.7. The molecule has 1 atom stereocenters. The predicted molar refractivity (Wildman–Crippen MR) is 180 cm³/mol. The second kappa shape index (κ2) is 15.5. The molecule has 0 spiro atoms. The van der Waals surface area contributed by atoms with Crippen molar-refractivity contribution >= 4 is 39.1 Å². The summed E-state index contributed by atoms with van der Waals surface area (Å²) in [6, 6.07) is 26.3. The minimum absolute atomic E-state index is 0.0399. The Labute approximate surface area is 280 Å². The summed E-state index contributed by atoms with van der Waals surface area (Å²) in [5.74, 6) is -1.48. The van der Waals surface area contributed by atoms with Gasteiger partial charge in [0.2, 0.25) is 11.8 Å². The van der Waals surface area contributed by atoms with Crippen molar-refractivity contribution < 1.29 is 27.1 Å². The Kier molecular flexibility index (Phi) is 11.2. The zero-order chi connectivity index (χ0) is 33.4. The van der Waals surface area contributed by atoms with Crippen LogP contribution in [0.1, 0.15) is 36.8 Å². The lowest BCUT2D eigenvalue weighted by Gasteiger charge is -2.34. The number of hydrogen-bond acceptors (Lipinski definition) is 5.